The second-order valence-corrected chi connectivity index (χ2v) is 9.52. The summed E-state index contributed by atoms with van der Waals surface area (Å²) in [5.41, 5.74) is -0.159. The normalized spacial score (nSPS) is 17.2. The van der Waals surface area contributed by atoms with E-state index in [1.54, 1.807) is 6.07 Å². The lowest BCUT2D eigenvalue weighted by Crippen LogP contribution is -2.31. The van der Waals surface area contributed by atoms with Gasteiger partial charge in [-0.3, -0.25) is 19.0 Å². The minimum atomic E-state index is -4.62. The lowest BCUT2D eigenvalue weighted by Gasteiger charge is -2.20. The van der Waals surface area contributed by atoms with Crippen LogP contribution in [-0.2, 0) is 30.0 Å². The molecule has 2 aromatic rings. The average Bonchev–Trinajstić information content (AvgIpc) is 3.29. The smallest absolute Gasteiger partial charge is 0.416 e. The predicted molar refractivity (Wildman–Crippen MR) is 120 cm³/mol. The Morgan fingerprint density at radius 1 is 1.24 bits per heavy atom. The zero-order valence-corrected chi connectivity index (χ0v) is 20.1. The highest BCUT2D eigenvalue weighted by atomic mass is 19.4. The molecular formula is C24H31F3N4O3. The van der Waals surface area contributed by atoms with Crippen LogP contribution in [0.3, 0.4) is 0 Å². The monoisotopic (exact) mass is 480 g/mol. The van der Waals surface area contributed by atoms with Gasteiger partial charge in [0, 0.05) is 37.2 Å². The van der Waals surface area contributed by atoms with Crippen LogP contribution in [0.4, 0.5) is 13.2 Å². The Balaban J connectivity index is 2.04. The maximum atomic E-state index is 13.4. The number of nitrogens with zero attached hydrogens (tertiary/aromatic N) is 3. The third-order valence-corrected chi connectivity index (χ3v) is 5.72. The van der Waals surface area contributed by atoms with Crippen molar-refractivity contribution in [3.63, 3.8) is 0 Å². The number of carbonyl (C=O) groups is 2. The summed E-state index contributed by atoms with van der Waals surface area (Å²) in [6, 6.07) is 4.30. The summed E-state index contributed by atoms with van der Waals surface area (Å²) in [7, 11) is 1.87. The van der Waals surface area contributed by atoms with Crippen molar-refractivity contribution in [3.05, 3.63) is 46.6 Å². The third kappa shape index (κ3) is 5.71. The fourth-order valence-electron chi connectivity index (χ4n) is 4.00. The van der Waals surface area contributed by atoms with Gasteiger partial charge in [0.1, 0.15) is 12.4 Å². The lowest BCUT2D eigenvalue weighted by molar-refractivity contribution is -0.137. The molecule has 1 aromatic heterocycles. The Morgan fingerprint density at radius 3 is 2.50 bits per heavy atom. The second-order valence-electron chi connectivity index (χ2n) is 9.52. The number of nitrogens with one attached hydrogen (secondary N) is 1. The fourth-order valence-corrected chi connectivity index (χ4v) is 4.00. The molecule has 0 saturated carbocycles. The zero-order chi connectivity index (χ0) is 25.3. The van der Waals surface area contributed by atoms with Crippen LogP contribution in [0.5, 0.6) is 5.75 Å². The summed E-state index contributed by atoms with van der Waals surface area (Å²) < 4.78 is 49.6. The maximum Gasteiger partial charge on any atom is 0.416 e. The van der Waals surface area contributed by atoms with Crippen molar-refractivity contribution in [1.82, 2.24) is 14.7 Å². The number of hydrogen-bond acceptors (Lipinski definition) is 3. The van der Waals surface area contributed by atoms with E-state index in [0.29, 0.717) is 24.9 Å². The van der Waals surface area contributed by atoms with Crippen LogP contribution in [0.2, 0.25) is 0 Å². The highest BCUT2D eigenvalue weighted by Crippen LogP contribution is 2.33. The first-order valence-electron chi connectivity index (χ1n) is 11.3. The number of amides is 2. The maximum absolute atomic E-state index is 13.4. The van der Waals surface area contributed by atoms with E-state index in [9.17, 15) is 22.8 Å². The van der Waals surface area contributed by atoms with Crippen LogP contribution >= 0.6 is 0 Å². The van der Waals surface area contributed by atoms with E-state index >= 15 is 0 Å². The van der Waals surface area contributed by atoms with Gasteiger partial charge in [-0.15, -0.1) is 0 Å². The van der Waals surface area contributed by atoms with Crippen molar-refractivity contribution in [2.45, 2.75) is 71.1 Å². The van der Waals surface area contributed by atoms with Gasteiger partial charge in [0.05, 0.1) is 17.2 Å². The van der Waals surface area contributed by atoms with E-state index in [2.05, 4.69) is 10.3 Å². The number of rotatable bonds is 6. The highest BCUT2D eigenvalue weighted by Gasteiger charge is 2.32. The predicted octanol–water partition coefficient (Wildman–Crippen LogP) is 3.95. The number of alkyl halides is 3. The Morgan fingerprint density at radius 2 is 1.94 bits per heavy atom. The van der Waals surface area contributed by atoms with E-state index in [0.717, 1.165) is 30.3 Å². The lowest BCUT2D eigenvalue weighted by atomic mass is 9.92. The summed E-state index contributed by atoms with van der Waals surface area (Å²) in [4.78, 5) is 28.8. The Hall–Kier alpha value is -3.04. The van der Waals surface area contributed by atoms with Gasteiger partial charge in [-0.2, -0.15) is 18.2 Å². The molecule has 0 unspecified atom stereocenters. The first kappa shape index (κ1) is 25.6. The number of carbonyl (C=O) groups excluding carboxylic acids is 2. The van der Waals surface area contributed by atoms with Crippen LogP contribution < -0.4 is 15.5 Å². The molecular weight excluding hydrogens is 449 g/mol. The highest BCUT2D eigenvalue weighted by molar-refractivity contribution is 5.97. The molecule has 1 fully saturated rings. The number of benzene rings is 1. The molecule has 0 radical (unpaired) electrons. The van der Waals surface area contributed by atoms with Crippen molar-refractivity contribution in [2.75, 3.05) is 6.61 Å². The van der Waals surface area contributed by atoms with Crippen molar-refractivity contribution < 1.29 is 27.5 Å². The second kappa shape index (κ2) is 9.68. The molecule has 1 atom stereocenters. The summed E-state index contributed by atoms with van der Waals surface area (Å²) in [6.07, 6.45) is -2.91. The molecule has 1 N–H and O–H groups in total. The molecule has 1 aliphatic heterocycles. The van der Waals surface area contributed by atoms with Gasteiger partial charge in [-0.25, -0.2) is 0 Å². The fraction of sp³-hybridized carbons (Fsp3) is 0.542. The van der Waals surface area contributed by atoms with Gasteiger partial charge >= 0.3 is 6.18 Å². The average molecular weight is 481 g/mol. The minimum Gasteiger partial charge on any atom is -0.491 e. The Kier molecular flexibility index (Phi) is 7.28. The molecule has 0 spiro atoms. The molecule has 10 heteroatoms. The summed E-state index contributed by atoms with van der Waals surface area (Å²) in [5, 5.41) is 2.73. The molecule has 1 saturated heterocycles. The zero-order valence-electron chi connectivity index (χ0n) is 20.1. The third-order valence-electron chi connectivity index (χ3n) is 5.72. The quantitative estimate of drug-likeness (QED) is 0.680. The summed E-state index contributed by atoms with van der Waals surface area (Å²) >= 11 is 0. The Labute approximate surface area is 196 Å². The number of aromatic nitrogens is 2. The number of hydrogen-bond donors (Lipinski definition) is 1. The van der Waals surface area contributed by atoms with Gasteiger partial charge < -0.3 is 10.1 Å². The molecule has 2 amide bonds. The topological polar surface area (TPSA) is 77.6 Å². The summed E-state index contributed by atoms with van der Waals surface area (Å²) in [6.45, 7) is 8.72. The standard InChI is InChI=1S/C24H31F3N4O3/c1-6-11-31-20(13-19(30(31)5)23(2,3)4)29-22(33)17-12-15(24(25,26)27)7-9-18(17)34-14-16-8-10-21(32)28-16/h7,9,12-13,16H,6,8,10-11,14H2,1-5H3,(H,28,32)/t16-/m0/s1. The first-order valence-corrected chi connectivity index (χ1v) is 11.3. The van der Waals surface area contributed by atoms with Crippen LogP contribution in [-0.4, -0.2) is 33.8 Å². The van der Waals surface area contributed by atoms with Gasteiger partial charge in [-0.1, -0.05) is 27.7 Å². The van der Waals surface area contributed by atoms with Crippen LogP contribution in [0, 0.1) is 0 Å². The van der Waals surface area contributed by atoms with E-state index < -0.39 is 17.6 Å². The van der Waals surface area contributed by atoms with E-state index in [-0.39, 0.29) is 35.3 Å². The number of ether oxygens (including phenoxy) is 1. The van der Waals surface area contributed by atoms with Gasteiger partial charge in [-0.05, 0) is 31.0 Å². The minimum absolute atomic E-state index is 0.00286. The van der Waals surface area contributed by atoms with Crippen LogP contribution in [0.1, 0.15) is 68.6 Å². The molecule has 7 nitrogen and oxygen atoms in total. The van der Waals surface area contributed by atoms with Gasteiger partial charge in [0.2, 0.25) is 5.91 Å². The summed E-state index contributed by atoms with van der Waals surface area (Å²) in [5.74, 6) is -0.934. The van der Waals surface area contributed by atoms with E-state index in [4.69, 9.17) is 4.74 Å². The van der Waals surface area contributed by atoms with Crippen LogP contribution in [0.15, 0.2) is 29.3 Å². The molecule has 0 aliphatic carbocycles. The molecule has 1 aromatic carbocycles. The van der Waals surface area contributed by atoms with Crippen LogP contribution in [0.25, 0.3) is 0 Å². The Bertz CT molecular complexity index is 1140. The van der Waals surface area contributed by atoms with Crippen molar-refractivity contribution >= 4 is 11.8 Å². The van der Waals surface area contributed by atoms with Crippen molar-refractivity contribution in [3.8, 4) is 5.75 Å². The molecule has 34 heavy (non-hydrogen) atoms. The molecule has 0 bridgehead atoms. The number of halogens is 3. The van der Waals surface area contributed by atoms with E-state index in [1.165, 1.54) is 0 Å². The van der Waals surface area contributed by atoms with Crippen molar-refractivity contribution in [1.29, 1.82) is 0 Å². The molecule has 1 aliphatic rings. The molecule has 3 rings (SSSR count). The van der Waals surface area contributed by atoms with Gasteiger partial charge in [0.25, 0.3) is 5.91 Å². The van der Waals surface area contributed by atoms with Gasteiger partial charge in [0.15, 0.2) is 5.49 Å². The van der Waals surface area contributed by atoms with Crippen molar-refractivity contribution in [2.24, 2.45) is 12.0 Å². The first-order chi connectivity index (χ1) is 15.8. The largest absolute Gasteiger partial charge is 0.491 e. The molecule has 2 heterocycles. The van der Waals surface area contributed by atoms with E-state index in [1.807, 2.05) is 44.1 Å². The molecule has 186 valence electrons. The SMILES string of the molecule is CCCn1c(=NC(=O)c2cc(C(F)(F)F)ccc2OC[C@@H]2CCC(=O)N2)cc(C(C)(C)C)n1C.